The second-order valence-corrected chi connectivity index (χ2v) is 11.0. The van der Waals surface area contributed by atoms with Crippen molar-refractivity contribution in [2.75, 3.05) is 0 Å². The van der Waals surface area contributed by atoms with Gasteiger partial charge in [-0.05, 0) is 50.2 Å². The molecule has 3 rings (SSSR count). The van der Waals surface area contributed by atoms with Crippen LogP contribution in [0.15, 0.2) is 34.1 Å². The number of hydrogen-bond donors (Lipinski definition) is 0. The average Bonchev–Trinajstić information content (AvgIpc) is 2.84. The van der Waals surface area contributed by atoms with Crippen LogP contribution in [0, 0.1) is 5.92 Å². The molecule has 1 aromatic heterocycles. The van der Waals surface area contributed by atoms with E-state index in [0.717, 1.165) is 23.5 Å². The van der Waals surface area contributed by atoms with Gasteiger partial charge in [0.05, 0.1) is 12.0 Å². The Labute approximate surface area is 114 Å². The Balaban J connectivity index is 2.05. The molecule has 0 aliphatic heterocycles. The summed E-state index contributed by atoms with van der Waals surface area (Å²) < 4.78 is 11.7. The van der Waals surface area contributed by atoms with Crippen molar-refractivity contribution in [2.45, 2.75) is 44.8 Å². The van der Waals surface area contributed by atoms with Crippen LogP contribution in [-0.2, 0) is 14.6 Å². The molecule has 2 atom stereocenters. The maximum atomic E-state index is 12.3. The van der Waals surface area contributed by atoms with E-state index in [2.05, 4.69) is 19.6 Å². The summed E-state index contributed by atoms with van der Waals surface area (Å²) in [6.45, 7) is 8.56. The Morgan fingerprint density at radius 3 is 2.63 bits per heavy atom. The summed E-state index contributed by atoms with van der Waals surface area (Å²) >= 11 is 0. The van der Waals surface area contributed by atoms with Crippen LogP contribution in [0.2, 0.25) is 19.6 Å². The fourth-order valence-electron chi connectivity index (χ4n) is 3.49. The number of carbonyl (C=O) groups is 1. The standard InChI is InChI=1S/C15H20O3Si/c1-10-12(18-19(2,3)4)8-11-9-13(16)15(10,11)14-6-5-7-17-14/h5-7,11H,8-9H2,1-4H3/t11-,15+/m0/s1. The predicted molar refractivity (Wildman–Crippen MR) is 75.2 cm³/mol. The molecule has 2 aliphatic rings. The van der Waals surface area contributed by atoms with Crippen LogP contribution in [0.4, 0.5) is 0 Å². The molecule has 0 bridgehead atoms. The molecule has 0 spiro atoms. The number of allylic oxidation sites excluding steroid dienone is 2. The lowest BCUT2D eigenvalue weighted by molar-refractivity contribution is -0.135. The number of Topliss-reactive ketones (excluding diaryl/α,β-unsaturated/α-hetero) is 1. The molecule has 0 radical (unpaired) electrons. The van der Waals surface area contributed by atoms with Crippen molar-refractivity contribution in [2.24, 2.45) is 5.92 Å². The molecule has 0 aromatic carbocycles. The van der Waals surface area contributed by atoms with Gasteiger partial charge in [-0.25, -0.2) is 0 Å². The molecular formula is C15H20O3Si. The van der Waals surface area contributed by atoms with Crippen LogP contribution >= 0.6 is 0 Å². The minimum absolute atomic E-state index is 0.277. The SMILES string of the molecule is CC1=C(O[Si](C)(C)C)C[C@H]2CC(=O)[C@@]12c1ccco1. The number of hydrogen-bond acceptors (Lipinski definition) is 3. The van der Waals surface area contributed by atoms with Crippen molar-refractivity contribution in [1.29, 1.82) is 0 Å². The average molecular weight is 276 g/mol. The van der Waals surface area contributed by atoms with Crippen molar-refractivity contribution >= 4 is 14.1 Å². The summed E-state index contributed by atoms with van der Waals surface area (Å²) in [5.41, 5.74) is 0.560. The molecule has 0 amide bonds. The summed E-state index contributed by atoms with van der Waals surface area (Å²) in [6.07, 6.45) is 3.18. The van der Waals surface area contributed by atoms with Gasteiger partial charge in [-0.1, -0.05) is 0 Å². The Morgan fingerprint density at radius 2 is 2.11 bits per heavy atom. The lowest BCUT2D eigenvalue weighted by atomic mass is 9.57. The number of fused-ring (bicyclic) bond motifs is 1. The zero-order valence-corrected chi connectivity index (χ0v) is 12.9. The van der Waals surface area contributed by atoms with E-state index >= 15 is 0 Å². The van der Waals surface area contributed by atoms with Gasteiger partial charge in [0, 0.05) is 12.8 Å². The molecule has 0 unspecified atom stereocenters. The molecule has 102 valence electrons. The number of ketones is 1. The Morgan fingerprint density at radius 1 is 1.37 bits per heavy atom. The lowest BCUT2D eigenvalue weighted by Crippen LogP contribution is -2.51. The van der Waals surface area contributed by atoms with Gasteiger partial charge in [0.15, 0.2) is 5.78 Å². The van der Waals surface area contributed by atoms with Crippen LogP contribution in [-0.4, -0.2) is 14.1 Å². The van der Waals surface area contributed by atoms with Gasteiger partial charge in [0.1, 0.15) is 11.2 Å². The van der Waals surface area contributed by atoms with E-state index in [0.29, 0.717) is 12.3 Å². The molecule has 4 heteroatoms. The molecule has 1 heterocycles. The fraction of sp³-hybridized carbons (Fsp3) is 0.533. The minimum atomic E-state index is -1.64. The monoisotopic (exact) mass is 276 g/mol. The molecule has 3 nitrogen and oxygen atoms in total. The second kappa shape index (κ2) is 3.85. The van der Waals surface area contributed by atoms with Crippen molar-refractivity contribution in [1.82, 2.24) is 0 Å². The quantitative estimate of drug-likeness (QED) is 0.791. The van der Waals surface area contributed by atoms with Gasteiger partial charge in [-0.3, -0.25) is 4.79 Å². The first kappa shape index (κ1) is 12.7. The van der Waals surface area contributed by atoms with Crippen LogP contribution in [0.3, 0.4) is 0 Å². The summed E-state index contributed by atoms with van der Waals surface area (Å²) in [6, 6.07) is 3.78. The normalized spacial score (nSPS) is 30.3. The third-order valence-electron chi connectivity index (χ3n) is 4.26. The number of furan rings is 1. The van der Waals surface area contributed by atoms with E-state index < -0.39 is 13.7 Å². The molecule has 1 fully saturated rings. The fourth-order valence-corrected chi connectivity index (χ4v) is 4.46. The Kier molecular flexibility index (Phi) is 2.58. The highest BCUT2D eigenvalue weighted by Crippen LogP contribution is 2.59. The van der Waals surface area contributed by atoms with Crippen LogP contribution < -0.4 is 0 Å². The number of rotatable bonds is 3. The van der Waals surface area contributed by atoms with E-state index in [-0.39, 0.29) is 5.78 Å². The molecule has 19 heavy (non-hydrogen) atoms. The van der Waals surface area contributed by atoms with Gasteiger partial charge in [0.2, 0.25) is 8.32 Å². The molecule has 1 saturated carbocycles. The molecule has 0 saturated heterocycles. The summed E-state index contributed by atoms with van der Waals surface area (Å²) in [4.78, 5) is 12.3. The van der Waals surface area contributed by atoms with Crippen molar-refractivity contribution in [3.05, 3.63) is 35.5 Å². The predicted octanol–water partition coefficient (Wildman–Crippen LogP) is 3.64. The highest BCUT2D eigenvalue weighted by Gasteiger charge is 2.63. The Hall–Kier alpha value is -1.29. The van der Waals surface area contributed by atoms with E-state index in [1.165, 1.54) is 0 Å². The van der Waals surface area contributed by atoms with Crippen LogP contribution in [0.25, 0.3) is 0 Å². The second-order valence-electron chi connectivity index (χ2n) is 6.58. The van der Waals surface area contributed by atoms with Gasteiger partial charge < -0.3 is 8.84 Å². The van der Waals surface area contributed by atoms with Crippen molar-refractivity contribution in [3.63, 3.8) is 0 Å². The molecule has 0 N–H and O–H groups in total. The zero-order valence-electron chi connectivity index (χ0n) is 11.9. The first-order chi connectivity index (χ1) is 8.85. The van der Waals surface area contributed by atoms with E-state index in [4.69, 9.17) is 8.84 Å². The summed E-state index contributed by atoms with van der Waals surface area (Å²) in [5.74, 6) is 2.43. The summed E-state index contributed by atoms with van der Waals surface area (Å²) in [5, 5.41) is 0. The zero-order chi connectivity index (χ0) is 13.8. The van der Waals surface area contributed by atoms with Gasteiger partial charge in [0.25, 0.3) is 0 Å². The molecule has 2 aliphatic carbocycles. The summed E-state index contributed by atoms with van der Waals surface area (Å²) in [7, 11) is -1.64. The highest BCUT2D eigenvalue weighted by atomic mass is 28.4. The Bertz CT molecular complexity index is 550. The smallest absolute Gasteiger partial charge is 0.241 e. The number of carbonyl (C=O) groups excluding carboxylic acids is 1. The molecule has 1 aromatic rings. The minimum Gasteiger partial charge on any atom is -0.547 e. The van der Waals surface area contributed by atoms with Crippen molar-refractivity contribution in [3.8, 4) is 0 Å². The van der Waals surface area contributed by atoms with Crippen LogP contribution in [0.1, 0.15) is 25.5 Å². The lowest BCUT2D eigenvalue weighted by Gasteiger charge is -2.42. The van der Waals surface area contributed by atoms with E-state index in [1.54, 1.807) is 6.26 Å². The first-order valence-electron chi connectivity index (χ1n) is 6.82. The topological polar surface area (TPSA) is 39.4 Å². The van der Waals surface area contributed by atoms with Crippen LogP contribution in [0.5, 0.6) is 0 Å². The van der Waals surface area contributed by atoms with Crippen molar-refractivity contribution < 1.29 is 13.6 Å². The van der Waals surface area contributed by atoms with Gasteiger partial charge in [-0.15, -0.1) is 0 Å². The first-order valence-corrected chi connectivity index (χ1v) is 10.2. The van der Waals surface area contributed by atoms with E-state index in [9.17, 15) is 4.79 Å². The largest absolute Gasteiger partial charge is 0.547 e. The third kappa shape index (κ3) is 1.66. The highest BCUT2D eigenvalue weighted by molar-refractivity contribution is 6.70. The maximum Gasteiger partial charge on any atom is 0.241 e. The van der Waals surface area contributed by atoms with Gasteiger partial charge >= 0.3 is 0 Å². The molecular weight excluding hydrogens is 256 g/mol. The van der Waals surface area contributed by atoms with E-state index in [1.807, 2.05) is 19.1 Å². The van der Waals surface area contributed by atoms with Gasteiger partial charge in [-0.2, -0.15) is 0 Å². The third-order valence-corrected chi connectivity index (χ3v) is 5.12. The maximum absolute atomic E-state index is 12.3.